The summed E-state index contributed by atoms with van der Waals surface area (Å²) in [5.74, 6) is -2.40. The Morgan fingerprint density at radius 2 is 1.65 bits per heavy atom. The molecular weight excluding hydrogens is 227 g/mol. The molecule has 0 saturated heterocycles. The quantitative estimate of drug-likeness (QED) is 0.792. The van der Waals surface area contributed by atoms with E-state index in [0.29, 0.717) is 17.5 Å². The van der Waals surface area contributed by atoms with Gasteiger partial charge in [-0.2, -0.15) is 0 Å². The molecule has 0 heterocycles. The van der Waals surface area contributed by atoms with E-state index in [-0.39, 0.29) is 6.04 Å². The molecule has 0 radical (unpaired) electrons. The van der Waals surface area contributed by atoms with Gasteiger partial charge in [0, 0.05) is 23.9 Å². The lowest BCUT2D eigenvalue weighted by atomic mass is 9.73. The second-order valence-corrected chi connectivity index (χ2v) is 5.07. The summed E-state index contributed by atoms with van der Waals surface area (Å²) in [5.41, 5.74) is 0.314. The Bertz CT molecular complexity index is 388. The minimum absolute atomic E-state index is 0.242. The SMILES string of the molecule is CC(C)C1CC(Nc2cc(F)c(F)c(F)c2)C1. The summed E-state index contributed by atoms with van der Waals surface area (Å²) in [6, 6.07) is 2.24. The second kappa shape index (κ2) is 4.59. The molecule has 1 aliphatic rings. The Hall–Kier alpha value is -1.19. The maximum atomic E-state index is 13.0. The van der Waals surface area contributed by atoms with E-state index in [4.69, 9.17) is 0 Å². The van der Waals surface area contributed by atoms with Crippen molar-refractivity contribution in [2.45, 2.75) is 32.7 Å². The molecule has 0 spiro atoms. The van der Waals surface area contributed by atoms with Crippen molar-refractivity contribution in [2.24, 2.45) is 11.8 Å². The summed E-state index contributed by atoms with van der Waals surface area (Å²) in [5, 5.41) is 3.03. The molecule has 2 rings (SSSR count). The average molecular weight is 243 g/mol. The van der Waals surface area contributed by atoms with E-state index in [9.17, 15) is 13.2 Å². The molecule has 1 aliphatic carbocycles. The van der Waals surface area contributed by atoms with E-state index in [1.165, 1.54) is 0 Å². The van der Waals surface area contributed by atoms with Crippen molar-refractivity contribution in [1.82, 2.24) is 0 Å². The molecule has 1 aromatic rings. The molecule has 4 heteroatoms. The summed E-state index contributed by atoms with van der Waals surface area (Å²) in [6.45, 7) is 4.33. The first-order valence-corrected chi connectivity index (χ1v) is 5.88. The van der Waals surface area contributed by atoms with Gasteiger partial charge in [-0.25, -0.2) is 13.2 Å². The van der Waals surface area contributed by atoms with Gasteiger partial charge in [0.05, 0.1) is 0 Å². The van der Waals surface area contributed by atoms with Crippen LogP contribution in [0.4, 0.5) is 18.9 Å². The number of benzene rings is 1. The summed E-state index contributed by atoms with van der Waals surface area (Å²) >= 11 is 0. The Kier molecular flexibility index (Phi) is 3.31. The number of hydrogen-bond donors (Lipinski definition) is 1. The third-order valence-corrected chi connectivity index (χ3v) is 3.47. The zero-order valence-corrected chi connectivity index (χ0v) is 9.93. The van der Waals surface area contributed by atoms with Crippen molar-refractivity contribution in [1.29, 1.82) is 0 Å². The van der Waals surface area contributed by atoms with Crippen LogP contribution < -0.4 is 5.32 Å². The minimum atomic E-state index is -1.41. The molecule has 0 aromatic heterocycles. The van der Waals surface area contributed by atoms with Gasteiger partial charge in [-0.05, 0) is 24.7 Å². The van der Waals surface area contributed by atoms with E-state index in [2.05, 4.69) is 19.2 Å². The molecule has 1 fully saturated rings. The molecule has 0 aliphatic heterocycles. The van der Waals surface area contributed by atoms with Gasteiger partial charge in [-0.3, -0.25) is 0 Å². The lowest BCUT2D eigenvalue weighted by Crippen LogP contribution is -2.37. The van der Waals surface area contributed by atoms with Crippen LogP contribution in [0, 0.1) is 29.3 Å². The number of hydrogen-bond acceptors (Lipinski definition) is 1. The average Bonchev–Trinajstić information content (AvgIpc) is 2.18. The van der Waals surface area contributed by atoms with Crippen LogP contribution in [-0.2, 0) is 0 Å². The van der Waals surface area contributed by atoms with Crippen LogP contribution in [0.15, 0.2) is 12.1 Å². The maximum Gasteiger partial charge on any atom is 0.194 e. The second-order valence-electron chi connectivity index (χ2n) is 5.07. The van der Waals surface area contributed by atoms with Gasteiger partial charge in [0.25, 0.3) is 0 Å². The topological polar surface area (TPSA) is 12.0 Å². The predicted octanol–water partition coefficient (Wildman–Crippen LogP) is 3.95. The summed E-state index contributed by atoms with van der Waals surface area (Å²) in [7, 11) is 0. The lowest BCUT2D eigenvalue weighted by molar-refractivity contribution is 0.211. The molecule has 94 valence electrons. The van der Waals surface area contributed by atoms with Crippen LogP contribution in [0.5, 0.6) is 0 Å². The number of nitrogens with one attached hydrogen (secondary N) is 1. The largest absolute Gasteiger partial charge is 0.382 e. The number of halogens is 3. The van der Waals surface area contributed by atoms with Crippen molar-refractivity contribution >= 4 is 5.69 Å². The maximum absolute atomic E-state index is 13.0. The highest BCUT2D eigenvalue weighted by Gasteiger charge is 2.31. The molecule has 1 saturated carbocycles. The van der Waals surface area contributed by atoms with Crippen molar-refractivity contribution in [3.8, 4) is 0 Å². The third-order valence-electron chi connectivity index (χ3n) is 3.47. The van der Waals surface area contributed by atoms with Crippen LogP contribution in [0.2, 0.25) is 0 Å². The Balaban J connectivity index is 1.97. The monoisotopic (exact) mass is 243 g/mol. The first kappa shape index (κ1) is 12.3. The third kappa shape index (κ3) is 2.56. The molecule has 1 N–H and O–H groups in total. The highest BCUT2D eigenvalue weighted by Crippen LogP contribution is 2.35. The zero-order chi connectivity index (χ0) is 12.6. The minimum Gasteiger partial charge on any atom is -0.382 e. The van der Waals surface area contributed by atoms with Gasteiger partial charge in [-0.15, -0.1) is 0 Å². The molecule has 0 atom stereocenters. The fraction of sp³-hybridized carbons (Fsp3) is 0.538. The molecule has 0 unspecified atom stereocenters. The van der Waals surface area contributed by atoms with Gasteiger partial charge >= 0.3 is 0 Å². The summed E-state index contributed by atoms with van der Waals surface area (Å²) in [4.78, 5) is 0. The van der Waals surface area contributed by atoms with Crippen molar-refractivity contribution in [2.75, 3.05) is 5.32 Å². The normalized spacial score (nSPS) is 23.6. The molecular formula is C13H16F3N. The van der Waals surface area contributed by atoms with Crippen LogP contribution in [0.25, 0.3) is 0 Å². The van der Waals surface area contributed by atoms with Crippen LogP contribution in [-0.4, -0.2) is 6.04 Å². The van der Waals surface area contributed by atoms with E-state index < -0.39 is 17.5 Å². The molecule has 17 heavy (non-hydrogen) atoms. The first-order valence-electron chi connectivity index (χ1n) is 5.88. The van der Waals surface area contributed by atoms with Crippen LogP contribution >= 0.6 is 0 Å². The van der Waals surface area contributed by atoms with Crippen molar-refractivity contribution < 1.29 is 13.2 Å². The van der Waals surface area contributed by atoms with Crippen LogP contribution in [0.3, 0.4) is 0 Å². The Morgan fingerprint density at radius 1 is 1.12 bits per heavy atom. The van der Waals surface area contributed by atoms with Gasteiger partial charge in [-0.1, -0.05) is 13.8 Å². The number of anilines is 1. The zero-order valence-electron chi connectivity index (χ0n) is 9.93. The first-order chi connectivity index (χ1) is 7.97. The van der Waals surface area contributed by atoms with Gasteiger partial charge < -0.3 is 5.32 Å². The lowest BCUT2D eigenvalue weighted by Gasteiger charge is -2.39. The Morgan fingerprint density at radius 3 is 2.12 bits per heavy atom. The molecule has 1 nitrogen and oxygen atoms in total. The van der Waals surface area contributed by atoms with E-state index in [0.717, 1.165) is 25.0 Å². The highest BCUT2D eigenvalue weighted by atomic mass is 19.2. The fourth-order valence-electron chi connectivity index (χ4n) is 2.20. The molecule has 0 bridgehead atoms. The fourth-order valence-corrected chi connectivity index (χ4v) is 2.20. The van der Waals surface area contributed by atoms with E-state index >= 15 is 0 Å². The Labute approximate surface area is 99.0 Å². The standard InChI is InChI=1S/C13H16F3N/c1-7(2)8-3-9(4-8)17-10-5-11(14)13(16)12(15)6-10/h5-9,17H,3-4H2,1-2H3. The summed E-state index contributed by atoms with van der Waals surface area (Å²) in [6.07, 6.45) is 2.00. The van der Waals surface area contributed by atoms with Gasteiger partial charge in [0.2, 0.25) is 0 Å². The van der Waals surface area contributed by atoms with Gasteiger partial charge in [0.15, 0.2) is 17.5 Å². The van der Waals surface area contributed by atoms with Crippen LogP contribution in [0.1, 0.15) is 26.7 Å². The van der Waals surface area contributed by atoms with Crippen molar-refractivity contribution in [3.05, 3.63) is 29.6 Å². The van der Waals surface area contributed by atoms with Crippen molar-refractivity contribution in [3.63, 3.8) is 0 Å². The van der Waals surface area contributed by atoms with Gasteiger partial charge in [0.1, 0.15) is 0 Å². The highest BCUT2D eigenvalue weighted by molar-refractivity contribution is 5.45. The van der Waals surface area contributed by atoms with E-state index in [1.807, 2.05) is 0 Å². The number of rotatable bonds is 3. The van der Waals surface area contributed by atoms with E-state index in [1.54, 1.807) is 0 Å². The smallest absolute Gasteiger partial charge is 0.194 e. The summed E-state index contributed by atoms with van der Waals surface area (Å²) < 4.78 is 38.7. The predicted molar refractivity (Wildman–Crippen MR) is 61.3 cm³/mol. The molecule has 1 aromatic carbocycles. The molecule has 0 amide bonds.